The van der Waals surface area contributed by atoms with E-state index < -0.39 is 36.9 Å². The molecule has 1 heterocycles. The van der Waals surface area contributed by atoms with Crippen molar-refractivity contribution in [2.45, 2.75) is 83.8 Å². The van der Waals surface area contributed by atoms with E-state index >= 15 is 0 Å². The molecule has 1 aliphatic heterocycles. The van der Waals surface area contributed by atoms with Gasteiger partial charge in [-0.3, -0.25) is 19.7 Å². The molecule has 13 nitrogen and oxygen atoms in total. The van der Waals surface area contributed by atoms with Crippen molar-refractivity contribution in [3.63, 3.8) is 0 Å². The van der Waals surface area contributed by atoms with E-state index in [0.717, 1.165) is 34.4 Å². The third-order valence-electron chi connectivity index (χ3n) is 14.2. The number of likely N-dealkylation sites (N-methyl/N-ethyl adjacent to an activating group) is 1. The summed E-state index contributed by atoms with van der Waals surface area (Å²) in [6.07, 6.45) is 0.375. The van der Waals surface area contributed by atoms with E-state index in [0.29, 0.717) is 41.8 Å². The van der Waals surface area contributed by atoms with E-state index in [2.05, 4.69) is 53.8 Å². The number of hydroxylamine groups is 2. The summed E-state index contributed by atoms with van der Waals surface area (Å²) in [6.45, 7) is 8.99. The molecule has 348 valence electrons. The highest BCUT2D eigenvalue weighted by molar-refractivity contribution is 5.97. The molecule has 3 saturated carbocycles. The molecule has 4 aromatic carbocycles. The molecule has 4 N–H and O–H groups in total. The number of rotatable bonds is 17. The molecule has 65 heavy (non-hydrogen) atoms. The van der Waals surface area contributed by atoms with Crippen LogP contribution in [0.15, 0.2) is 97.1 Å². The van der Waals surface area contributed by atoms with Gasteiger partial charge in [-0.15, -0.1) is 0 Å². The summed E-state index contributed by atoms with van der Waals surface area (Å²) < 4.78 is 12.1. The molecule has 0 spiro atoms. The molecule has 2 bridgehead atoms. The van der Waals surface area contributed by atoms with Gasteiger partial charge >= 0.3 is 6.09 Å². The Morgan fingerprint density at radius 1 is 0.938 bits per heavy atom. The van der Waals surface area contributed by atoms with Crippen molar-refractivity contribution in [3.8, 4) is 16.9 Å². The van der Waals surface area contributed by atoms with Crippen molar-refractivity contribution in [2.75, 3.05) is 58.7 Å². The number of anilines is 2. The molecule has 13 heteroatoms. The Morgan fingerprint density at radius 3 is 2.28 bits per heavy atom. The number of fused-ring (bicyclic) bond motifs is 2. The number of carbonyl (C=O) groups is 3. The van der Waals surface area contributed by atoms with Gasteiger partial charge in [0, 0.05) is 60.8 Å². The second-order valence-electron chi connectivity index (χ2n) is 19.4. The molecule has 4 aliphatic rings. The van der Waals surface area contributed by atoms with Crippen LogP contribution in [-0.2, 0) is 27.3 Å². The lowest BCUT2D eigenvalue weighted by atomic mass is 9.45. The number of nitrogens with one attached hydrogen (secondary N) is 3. The second kappa shape index (κ2) is 20.4. The van der Waals surface area contributed by atoms with Gasteiger partial charge < -0.3 is 35.0 Å². The summed E-state index contributed by atoms with van der Waals surface area (Å²) >= 11 is 0. The first kappa shape index (κ1) is 47.5. The van der Waals surface area contributed by atoms with Crippen LogP contribution in [0.4, 0.5) is 16.2 Å². The fraction of sp³-hybridized carbons (Fsp3) is 0.481. The van der Waals surface area contributed by atoms with Crippen molar-refractivity contribution in [3.05, 3.63) is 114 Å². The highest BCUT2D eigenvalue weighted by Crippen LogP contribution is 2.61. The average molecular weight is 889 g/mol. The average Bonchev–Trinajstić information content (AvgIpc) is 3.65. The maximum absolute atomic E-state index is 14.8. The van der Waals surface area contributed by atoms with Crippen LogP contribution in [0.25, 0.3) is 11.1 Å². The molecule has 4 aromatic rings. The van der Waals surface area contributed by atoms with E-state index in [1.54, 1.807) is 31.2 Å². The molecular formula is C52H68N6O7. The quantitative estimate of drug-likeness (QED) is 0.0857. The molecule has 3 aliphatic carbocycles. The number of hydrogen-bond donors (Lipinski definition) is 4. The first-order valence-electron chi connectivity index (χ1n) is 22.9. The number of hydrogen-bond acceptors (Lipinski definition) is 10. The van der Waals surface area contributed by atoms with Crippen LogP contribution in [0.1, 0.15) is 62.0 Å². The Kier molecular flexibility index (Phi) is 14.9. The zero-order valence-electron chi connectivity index (χ0n) is 39.4. The van der Waals surface area contributed by atoms with Crippen molar-refractivity contribution >= 4 is 29.3 Å². The van der Waals surface area contributed by atoms with Gasteiger partial charge in [0.15, 0.2) is 0 Å². The third kappa shape index (κ3) is 10.6. The van der Waals surface area contributed by atoms with Crippen molar-refractivity contribution in [2.24, 2.45) is 29.1 Å². The van der Waals surface area contributed by atoms with Crippen LogP contribution in [-0.4, -0.2) is 112 Å². The number of amides is 3. The normalized spacial score (nSPS) is 24.3. The molecule has 1 saturated heterocycles. The van der Waals surface area contributed by atoms with E-state index in [1.165, 1.54) is 6.42 Å². The number of aliphatic hydroxyl groups is 1. The molecular weight excluding hydrogens is 821 g/mol. The molecule has 8 rings (SSSR count). The summed E-state index contributed by atoms with van der Waals surface area (Å²) in [5, 5.41) is 21.9. The van der Waals surface area contributed by atoms with Crippen LogP contribution < -0.4 is 25.6 Å². The molecule has 3 amide bonds. The Bertz CT molecular complexity index is 2270. The molecule has 4 fully saturated rings. The summed E-state index contributed by atoms with van der Waals surface area (Å²) in [5.41, 5.74) is 5.53. The van der Waals surface area contributed by atoms with Crippen molar-refractivity contribution in [1.82, 2.24) is 20.6 Å². The fourth-order valence-electron chi connectivity index (χ4n) is 10.7. The zero-order chi connectivity index (χ0) is 46.6. The Morgan fingerprint density at radius 2 is 1.65 bits per heavy atom. The monoisotopic (exact) mass is 889 g/mol. The SMILES string of the molecule is COc1c(CN2O[C@@H](CO)[C@@H]([C@H](C)OC(=O)Nc3ccccc3)[C@H]2C(=O)N[C@H]2C[C@@H]3C[C@@H]([C@@H]2C)C3(C)C)cccc1-c1cc(C(=O)N[C@@H](Cc2ccccc2)CN(C)C)cc(N(C)C)c1. The predicted octanol–water partition coefficient (Wildman–Crippen LogP) is 7.25. The van der Waals surface area contributed by atoms with Gasteiger partial charge in [-0.05, 0) is 105 Å². The zero-order valence-corrected chi connectivity index (χ0v) is 39.4. The second-order valence-corrected chi connectivity index (χ2v) is 19.4. The van der Waals surface area contributed by atoms with E-state index in [9.17, 15) is 19.5 Å². The Hall–Kier alpha value is -5.47. The predicted molar refractivity (Wildman–Crippen MR) is 255 cm³/mol. The minimum Gasteiger partial charge on any atom is -0.496 e. The lowest BCUT2D eigenvalue weighted by molar-refractivity contribution is -0.183. The van der Waals surface area contributed by atoms with Crippen molar-refractivity contribution in [1.29, 1.82) is 0 Å². The van der Waals surface area contributed by atoms with Gasteiger partial charge in [0.05, 0.1) is 26.2 Å². The van der Waals surface area contributed by atoms with E-state index in [-0.39, 0.29) is 41.8 Å². The van der Waals surface area contributed by atoms with Crippen molar-refractivity contribution < 1.29 is 33.8 Å². The number of aliphatic hydroxyl groups excluding tert-OH is 1. The lowest BCUT2D eigenvalue weighted by Gasteiger charge is -2.62. The van der Waals surface area contributed by atoms with E-state index in [1.807, 2.05) is 106 Å². The molecule has 0 aromatic heterocycles. The largest absolute Gasteiger partial charge is 0.496 e. The molecule has 0 unspecified atom stereocenters. The minimum atomic E-state index is -0.933. The van der Waals surface area contributed by atoms with Gasteiger partial charge in [0.2, 0.25) is 5.91 Å². The fourth-order valence-corrected chi connectivity index (χ4v) is 10.7. The van der Waals surface area contributed by atoms with Crippen LogP contribution in [0.2, 0.25) is 0 Å². The number of carbonyl (C=O) groups excluding carboxylic acids is 3. The van der Waals surface area contributed by atoms with Gasteiger partial charge in [-0.1, -0.05) is 87.5 Å². The topological polar surface area (TPSA) is 145 Å². The highest BCUT2D eigenvalue weighted by Gasteiger charge is 2.57. The van der Waals surface area contributed by atoms with Gasteiger partial charge in [-0.2, -0.15) is 5.06 Å². The minimum absolute atomic E-state index is 0.0303. The van der Waals surface area contributed by atoms with Gasteiger partial charge in [0.1, 0.15) is 24.0 Å². The smallest absolute Gasteiger partial charge is 0.411 e. The van der Waals surface area contributed by atoms with Crippen LogP contribution in [0, 0.1) is 29.1 Å². The first-order valence-corrected chi connectivity index (χ1v) is 22.9. The summed E-state index contributed by atoms with van der Waals surface area (Å²) in [5.74, 6) is 0.693. The maximum atomic E-state index is 14.8. The third-order valence-corrected chi connectivity index (χ3v) is 14.2. The number of ether oxygens (including phenoxy) is 2. The molecule has 0 radical (unpaired) electrons. The van der Waals surface area contributed by atoms with Gasteiger partial charge in [0.25, 0.3) is 5.91 Å². The molecule has 9 atom stereocenters. The van der Waals surface area contributed by atoms with Crippen LogP contribution in [0.3, 0.4) is 0 Å². The number of para-hydroxylation sites is 2. The number of nitrogens with zero attached hydrogens (tertiary/aromatic N) is 3. The summed E-state index contributed by atoms with van der Waals surface area (Å²) in [6, 6.07) is 29.7. The maximum Gasteiger partial charge on any atom is 0.411 e. The van der Waals surface area contributed by atoms with Gasteiger partial charge in [-0.25, -0.2) is 4.79 Å². The van der Waals surface area contributed by atoms with Crippen LogP contribution >= 0.6 is 0 Å². The Balaban J connectivity index is 1.18. The lowest BCUT2D eigenvalue weighted by Crippen LogP contribution is -2.62. The standard InChI is InChI=1S/C52H68N6O7/c1-32-43-27-38(52(43,3)4)28-44(32)55-50(61)47-46(33(2)64-51(62)54-39-20-14-11-15-21-39)45(31-59)65-58(47)29-35-19-16-22-42(48(35)63-9)36-24-37(26-41(25-36)57(7)8)49(60)53-40(30-56(5)6)23-34-17-12-10-13-18-34/h10-22,24-26,32-33,38,40,43-47,59H,23,27-31H2,1-9H3,(H,53,60)(H,54,62)(H,55,61)/t32-,33-,38-,40-,43-,44-,45-,46+,47-/m0/s1. The van der Waals surface area contributed by atoms with Crippen LogP contribution in [0.5, 0.6) is 5.75 Å². The first-order chi connectivity index (χ1) is 31.1. The Labute approximate surface area is 384 Å². The summed E-state index contributed by atoms with van der Waals surface area (Å²) in [4.78, 5) is 52.8. The van der Waals surface area contributed by atoms with E-state index in [4.69, 9.17) is 14.3 Å². The highest BCUT2D eigenvalue weighted by atomic mass is 16.7. The summed E-state index contributed by atoms with van der Waals surface area (Å²) in [7, 11) is 9.49. The number of benzene rings is 4. The number of methoxy groups -OCH3 is 1.